The summed E-state index contributed by atoms with van der Waals surface area (Å²) in [5.41, 5.74) is -1.08. The molecule has 43 heavy (non-hydrogen) atoms. The molecule has 2 aromatic carbocycles. The minimum Gasteiger partial charge on any atom is -0.483 e. The van der Waals surface area contributed by atoms with E-state index < -0.39 is 52.8 Å². The molecule has 2 aliphatic rings. The number of carbonyl (C=O) groups is 2. The number of fused-ring (bicyclic) bond motifs is 4. The molecule has 2 N–H and O–H groups in total. The van der Waals surface area contributed by atoms with Gasteiger partial charge in [-0.3, -0.25) is 14.4 Å². The molecule has 12 heteroatoms. The van der Waals surface area contributed by atoms with E-state index in [1.807, 2.05) is 13.0 Å². The van der Waals surface area contributed by atoms with Crippen molar-refractivity contribution in [3.8, 4) is 5.75 Å². The molecule has 3 atom stereocenters. The van der Waals surface area contributed by atoms with Crippen LogP contribution < -0.4 is 15.5 Å². The van der Waals surface area contributed by atoms with Gasteiger partial charge >= 0.3 is 0 Å². The van der Waals surface area contributed by atoms with Gasteiger partial charge in [-0.05, 0) is 25.3 Å². The Labute approximate surface area is 245 Å². The lowest BCUT2D eigenvalue weighted by Gasteiger charge is -2.39. The second-order valence-corrected chi connectivity index (χ2v) is 10.8. The Morgan fingerprint density at radius 1 is 1.09 bits per heavy atom. The van der Waals surface area contributed by atoms with Crippen molar-refractivity contribution in [3.63, 3.8) is 0 Å². The molecular formula is C31H32F3N3O6. The van der Waals surface area contributed by atoms with Crippen LogP contribution in [0.5, 0.6) is 5.75 Å². The van der Waals surface area contributed by atoms with Crippen LogP contribution in [0.2, 0.25) is 0 Å². The van der Waals surface area contributed by atoms with E-state index in [-0.39, 0.29) is 55.4 Å². The predicted molar refractivity (Wildman–Crippen MR) is 149 cm³/mol. The molecule has 0 aliphatic carbocycles. The van der Waals surface area contributed by atoms with E-state index in [0.29, 0.717) is 31.5 Å². The van der Waals surface area contributed by atoms with Gasteiger partial charge in [0.05, 0.1) is 25.9 Å². The highest BCUT2D eigenvalue weighted by Crippen LogP contribution is 2.38. The van der Waals surface area contributed by atoms with Crippen LogP contribution in [0, 0.1) is 23.4 Å². The van der Waals surface area contributed by atoms with Crippen LogP contribution in [-0.2, 0) is 17.9 Å². The van der Waals surface area contributed by atoms with E-state index in [1.165, 1.54) is 6.20 Å². The monoisotopic (exact) mass is 599 g/mol. The van der Waals surface area contributed by atoms with E-state index in [2.05, 4.69) is 5.32 Å². The Morgan fingerprint density at radius 3 is 2.51 bits per heavy atom. The highest BCUT2D eigenvalue weighted by molar-refractivity contribution is 5.99. The Kier molecular flexibility index (Phi) is 9.16. The zero-order valence-corrected chi connectivity index (χ0v) is 23.5. The van der Waals surface area contributed by atoms with Crippen LogP contribution in [0.1, 0.15) is 57.8 Å². The van der Waals surface area contributed by atoms with Crippen molar-refractivity contribution in [3.05, 3.63) is 98.7 Å². The average molecular weight is 600 g/mol. The van der Waals surface area contributed by atoms with Gasteiger partial charge in [0.2, 0.25) is 5.43 Å². The number of nitrogens with one attached hydrogen (secondary N) is 1. The van der Waals surface area contributed by atoms with Crippen LogP contribution in [0.15, 0.2) is 53.5 Å². The number of hydrogen-bond acceptors (Lipinski definition) is 6. The molecule has 2 bridgehead atoms. The third-order valence-corrected chi connectivity index (χ3v) is 8.00. The summed E-state index contributed by atoms with van der Waals surface area (Å²) in [6.07, 6.45) is 2.64. The average Bonchev–Trinajstić information content (AvgIpc) is 3.12. The fourth-order valence-corrected chi connectivity index (χ4v) is 5.67. The fraction of sp³-hybridized carbons (Fsp3) is 0.387. The van der Waals surface area contributed by atoms with Gasteiger partial charge in [-0.2, -0.15) is 0 Å². The van der Waals surface area contributed by atoms with Gasteiger partial charge < -0.3 is 29.4 Å². The van der Waals surface area contributed by atoms with Crippen LogP contribution >= 0.6 is 0 Å². The van der Waals surface area contributed by atoms with Crippen molar-refractivity contribution >= 4 is 11.8 Å². The summed E-state index contributed by atoms with van der Waals surface area (Å²) >= 11 is 0. The molecule has 1 fully saturated rings. The van der Waals surface area contributed by atoms with Gasteiger partial charge in [0.25, 0.3) is 11.8 Å². The summed E-state index contributed by atoms with van der Waals surface area (Å²) in [6, 6.07) is 9.45. The number of hydrogen-bond donors (Lipinski definition) is 2. The number of carbonyl (C=O) groups excluding carboxylic acids is 2. The van der Waals surface area contributed by atoms with Crippen molar-refractivity contribution in [2.75, 3.05) is 26.4 Å². The Morgan fingerprint density at radius 2 is 1.81 bits per heavy atom. The molecule has 3 heterocycles. The molecular weight excluding hydrogens is 567 g/mol. The molecule has 2 aliphatic heterocycles. The Bertz CT molecular complexity index is 1540. The van der Waals surface area contributed by atoms with Gasteiger partial charge in [0, 0.05) is 48.9 Å². The highest BCUT2D eigenvalue weighted by Gasteiger charge is 2.43. The van der Waals surface area contributed by atoms with Gasteiger partial charge in [0.15, 0.2) is 11.4 Å². The number of ether oxygens (including phenoxy) is 2. The molecule has 1 aromatic heterocycles. The van der Waals surface area contributed by atoms with Crippen molar-refractivity contribution in [1.82, 2.24) is 14.8 Å². The maximum atomic E-state index is 14.2. The Balaban J connectivity index is 1.57. The maximum Gasteiger partial charge on any atom is 0.274 e. The summed E-state index contributed by atoms with van der Waals surface area (Å²) < 4.78 is 55.1. The maximum absolute atomic E-state index is 14.2. The quantitative estimate of drug-likeness (QED) is 0.345. The number of benzene rings is 2. The van der Waals surface area contributed by atoms with Crippen LogP contribution in [0.25, 0.3) is 0 Å². The highest BCUT2D eigenvalue weighted by atomic mass is 19.1. The first-order valence-electron chi connectivity index (χ1n) is 14.1. The summed E-state index contributed by atoms with van der Waals surface area (Å²) in [7, 11) is 0. The fourth-order valence-electron chi connectivity index (χ4n) is 5.67. The minimum absolute atomic E-state index is 0.00487. The largest absolute Gasteiger partial charge is 0.483 e. The number of aliphatic hydroxyl groups is 1. The molecule has 5 rings (SSSR count). The predicted octanol–water partition coefficient (Wildman–Crippen LogP) is 3.58. The normalized spacial score (nSPS) is 19.5. The number of amides is 2. The van der Waals surface area contributed by atoms with Crippen molar-refractivity contribution in [2.45, 2.75) is 45.0 Å². The molecule has 228 valence electrons. The number of nitrogens with zero attached hydrogens (tertiary/aromatic N) is 2. The number of rotatable bonds is 10. The third-order valence-electron chi connectivity index (χ3n) is 8.00. The van der Waals surface area contributed by atoms with E-state index >= 15 is 0 Å². The van der Waals surface area contributed by atoms with Crippen molar-refractivity contribution in [2.24, 2.45) is 5.92 Å². The van der Waals surface area contributed by atoms with Crippen molar-refractivity contribution in [1.29, 1.82) is 0 Å². The summed E-state index contributed by atoms with van der Waals surface area (Å²) in [5, 5.41) is 11.6. The number of pyridine rings is 1. The second kappa shape index (κ2) is 13.0. The molecule has 3 aromatic rings. The molecule has 2 amide bonds. The lowest BCUT2D eigenvalue weighted by Crippen LogP contribution is -2.49. The standard InChI is InChI=1S/C31H32F3N3O6/c1-18-7-8-20(17-42-10-9-38)26-15-36(18)31(41)27-29(43-16-19-5-3-2-4-6-19)28(39)23(14-37(26)27)30(40)35-13-22-24(33)11-21(32)12-25(22)34/h2-6,11-12,14,18,20,26,38H,7-10,13,15-17H2,1H3,(H,35,40)/t18-,20-,26?/m0/s1. The SMILES string of the molecule is C[C@H]1CC[C@@H](COCCO)C2CN1C(=O)c1c(OCc3ccccc3)c(=O)c(C(=O)NCc3c(F)cc(F)cc3F)cn12. The van der Waals surface area contributed by atoms with E-state index in [0.717, 1.165) is 5.56 Å². The first kappa shape index (κ1) is 30.3. The van der Waals surface area contributed by atoms with Crippen LogP contribution in [-0.4, -0.2) is 58.8 Å². The Hall–Kier alpha value is -4.16. The molecule has 0 saturated carbocycles. The lowest BCUT2D eigenvalue weighted by molar-refractivity contribution is 0.0398. The van der Waals surface area contributed by atoms with Crippen LogP contribution in [0.4, 0.5) is 13.2 Å². The summed E-state index contributed by atoms with van der Waals surface area (Å²) in [5.74, 6) is -5.27. The van der Waals surface area contributed by atoms with Gasteiger partial charge in [-0.1, -0.05) is 30.3 Å². The van der Waals surface area contributed by atoms with Crippen LogP contribution in [0.3, 0.4) is 0 Å². The first-order chi connectivity index (χ1) is 20.7. The summed E-state index contributed by atoms with van der Waals surface area (Å²) in [4.78, 5) is 42.7. The second-order valence-electron chi connectivity index (χ2n) is 10.8. The first-order valence-corrected chi connectivity index (χ1v) is 14.1. The number of aromatic nitrogens is 1. The molecule has 1 saturated heterocycles. The third kappa shape index (κ3) is 6.30. The van der Waals surface area contributed by atoms with Gasteiger partial charge in [-0.15, -0.1) is 0 Å². The van der Waals surface area contributed by atoms with Gasteiger partial charge in [-0.25, -0.2) is 13.2 Å². The molecule has 9 nitrogen and oxygen atoms in total. The number of aliphatic hydroxyl groups excluding tert-OH is 1. The topological polar surface area (TPSA) is 110 Å². The molecule has 1 unspecified atom stereocenters. The van der Waals surface area contributed by atoms with E-state index in [9.17, 15) is 32.7 Å². The number of halogens is 3. The molecule has 0 radical (unpaired) electrons. The molecule has 0 spiro atoms. The van der Waals surface area contributed by atoms with E-state index in [1.54, 1.807) is 33.7 Å². The summed E-state index contributed by atoms with van der Waals surface area (Å²) in [6.45, 7) is 1.78. The zero-order chi connectivity index (χ0) is 30.7. The smallest absolute Gasteiger partial charge is 0.274 e. The van der Waals surface area contributed by atoms with Gasteiger partial charge in [0.1, 0.15) is 29.6 Å². The lowest BCUT2D eigenvalue weighted by atomic mass is 9.94. The van der Waals surface area contributed by atoms with E-state index in [4.69, 9.17) is 9.47 Å². The zero-order valence-electron chi connectivity index (χ0n) is 23.5. The van der Waals surface area contributed by atoms with Crippen molar-refractivity contribution < 1.29 is 37.3 Å². The minimum atomic E-state index is -1.18.